The molecule has 4 aromatic rings. The average molecular weight is 453 g/mol. The zero-order valence-corrected chi connectivity index (χ0v) is 19.5. The second-order valence-corrected chi connectivity index (χ2v) is 8.56. The zero-order chi connectivity index (χ0) is 23.5. The van der Waals surface area contributed by atoms with E-state index in [9.17, 15) is 4.79 Å². The number of carbonyl (C=O) groups is 1. The van der Waals surface area contributed by atoms with Gasteiger partial charge in [-0.3, -0.25) is 4.79 Å². The number of carbonyl (C=O) groups excluding carboxylic acids is 1. The first-order valence-electron chi connectivity index (χ1n) is 11.5. The van der Waals surface area contributed by atoms with Crippen molar-refractivity contribution in [3.8, 4) is 5.75 Å². The number of piperazine rings is 1. The smallest absolute Gasteiger partial charge is 0.255 e. The third-order valence-electron chi connectivity index (χ3n) is 6.33. The number of benzene rings is 3. The zero-order valence-electron chi connectivity index (χ0n) is 19.5. The van der Waals surface area contributed by atoms with E-state index in [0.717, 1.165) is 59.8 Å². The first-order valence-corrected chi connectivity index (χ1v) is 11.5. The molecule has 2 heterocycles. The number of ether oxygens (including phenoxy) is 1. The van der Waals surface area contributed by atoms with Gasteiger partial charge in [0.25, 0.3) is 5.91 Å². The summed E-state index contributed by atoms with van der Waals surface area (Å²) in [5, 5.41) is 5.07. The number of hydrogen-bond acceptors (Lipinski definition) is 5. The molecular formula is C28H28N4O2. The fraction of sp³-hybridized carbons (Fsp3) is 0.214. The van der Waals surface area contributed by atoms with Crippen LogP contribution in [0.5, 0.6) is 5.75 Å². The third kappa shape index (κ3) is 4.53. The molecule has 0 unspecified atom stereocenters. The molecule has 3 aromatic carbocycles. The van der Waals surface area contributed by atoms with Gasteiger partial charge in [0, 0.05) is 54.7 Å². The van der Waals surface area contributed by atoms with Gasteiger partial charge < -0.3 is 19.9 Å². The Morgan fingerprint density at radius 2 is 1.59 bits per heavy atom. The molecule has 0 aliphatic carbocycles. The van der Waals surface area contributed by atoms with Crippen molar-refractivity contribution in [2.24, 2.45) is 0 Å². The van der Waals surface area contributed by atoms with Gasteiger partial charge in [-0.15, -0.1) is 0 Å². The number of rotatable bonds is 5. The van der Waals surface area contributed by atoms with Crippen molar-refractivity contribution < 1.29 is 9.53 Å². The molecule has 0 spiro atoms. The van der Waals surface area contributed by atoms with E-state index in [1.807, 2.05) is 73.8 Å². The lowest BCUT2D eigenvalue weighted by Crippen LogP contribution is -2.46. The maximum atomic E-state index is 12.9. The normalized spacial score (nSPS) is 13.7. The number of methoxy groups -OCH3 is 1. The van der Waals surface area contributed by atoms with Crippen LogP contribution in [0.2, 0.25) is 0 Å². The van der Waals surface area contributed by atoms with E-state index in [2.05, 4.69) is 27.2 Å². The number of fused-ring (bicyclic) bond motifs is 1. The summed E-state index contributed by atoms with van der Waals surface area (Å²) in [6.07, 6.45) is 1.85. The van der Waals surface area contributed by atoms with Crippen LogP contribution in [0.1, 0.15) is 15.9 Å². The van der Waals surface area contributed by atoms with Crippen molar-refractivity contribution >= 4 is 33.9 Å². The predicted octanol–water partition coefficient (Wildman–Crippen LogP) is 5.13. The molecule has 0 saturated carbocycles. The van der Waals surface area contributed by atoms with Gasteiger partial charge in [0.1, 0.15) is 11.6 Å². The summed E-state index contributed by atoms with van der Waals surface area (Å²) in [6.45, 7) is 5.55. The van der Waals surface area contributed by atoms with E-state index in [-0.39, 0.29) is 5.91 Å². The predicted molar refractivity (Wildman–Crippen MR) is 138 cm³/mol. The van der Waals surface area contributed by atoms with Crippen LogP contribution in [0, 0.1) is 6.92 Å². The average Bonchev–Trinajstić information content (AvgIpc) is 2.89. The molecule has 6 heteroatoms. The molecule has 1 N–H and O–H groups in total. The summed E-state index contributed by atoms with van der Waals surface area (Å²) in [6, 6.07) is 23.8. The molecular weight excluding hydrogens is 424 g/mol. The largest absolute Gasteiger partial charge is 0.497 e. The van der Waals surface area contributed by atoms with E-state index < -0.39 is 0 Å². The minimum atomic E-state index is -0.120. The van der Waals surface area contributed by atoms with Crippen LogP contribution in [-0.4, -0.2) is 44.2 Å². The fourth-order valence-corrected chi connectivity index (χ4v) is 4.36. The van der Waals surface area contributed by atoms with E-state index in [4.69, 9.17) is 9.72 Å². The Bertz CT molecular complexity index is 1290. The van der Waals surface area contributed by atoms with Gasteiger partial charge in [-0.2, -0.15) is 0 Å². The number of nitrogens with one attached hydrogen (secondary N) is 1. The molecule has 1 amide bonds. The highest BCUT2D eigenvalue weighted by Gasteiger charge is 2.20. The van der Waals surface area contributed by atoms with Gasteiger partial charge >= 0.3 is 0 Å². The van der Waals surface area contributed by atoms with E-state index in [0.29, 0.717) is 5.56 Å². The first kappa shape index (κ1) is 21.8. The Labute approximate surface area is 199 Å². The lowest BCUT2D eigenvalue weighted by Gasteiger charge is -2.37. The van der Waals surface area contributed by atoms with Crippen molar-refractivity contribution in [2.45, 2.75) is 6.92 Å². The van der Waals surface area contributed by atoms with E-state index in [1.165, 1.54) is 5.69 Å². The number of aryl methyl sites for hydroxylation is 1. The minimum Gasteiger partial charge on any atom is -0.497 e. The summed E-state index contributed by atoms with van der Waals surface area (Å²) < 4.78 is 5.27. The van der Waals surface area contributed by atoms with Gasteiger partial charge in [-0.05, 0) is 66.9 Å². The highest BCUT2D eigenvalue weighted by Crippen LogP contribution is 2.28. The van der Waals surface area contributed by atoms with Crippen LogP contribution >= 0.6 is 0 Å². The standard InChI is InChI=1S/C28H28N4O2/c1-20-3-7-23(8-4-20)30-28(33)22-6-5-21-13-14-29-27(26(21)19-22)32-17-15-31(16-18-32)24-9-11-25(34-2)12-10-24/h3-14,19H,15-18H2,1-2H3,(H,30,33). The number of nitrogens with zero attached hydrogens (tertiary/aromatic N) is 3. The number of hydrogen-bond donors (Lipinski definition) is 1. The Hall–Kier alpha value is -4.06. The summed E-state index contributed by atoms with van der Waals surface area (Å²) >= 11 is 0. The van der Waals surface area contributed by atoms with E-state index in [1.54, 1.807) is 7.11 Å². The molecule has 0 atom stereocenters. The maximum Gasteiger partial charge on any atom is 0.255 e. The van der Waals surface area contributed by atoms with E-state index >= 15 is 0 Å². The molecule has 1 fully saturated rings. The van der Waals surface area contributed by atoms with Gasteiger partial charge in [-0.25, -0.2) is 4.98 Å². The fourth-order valence-electron chi connectivity index (χ4n) is 4.36. The second-order valence-electron chi connectivity index (χ2n) is 8.56. The summed E-state index contributed by atoms with van der Waals surface area (Å²) in [5.41, 5.74) is 3.77. The lowest BCUT2D eigenvalue weighted by atomic mass is 10.1. The Morgan fingerprint density at radius 1 is 0.882 bits per heavy atom. The Kier molecular flexibility index (Phi) is 6.04. The monoisotopic (exact) mass is 452 g/mol. The lowest BCUT2D eigenvalue weighted by molar-refractivity contribution is 0.102. The third-order valence-corrected chi connectivity index (χ3v) is 6.33. The number of pyridine rings is 1. The molecule has 1 aliphatic heterocycles. The van der Waals surface area contributed by atoms with Crippen molar-refractivity contribution in [2.75, 3.05) is 48.4 Å². The van der Waals surface area contributed by atoms with Crippen LogP contribution in [0.15, 0.2) is 79.0 Å². The van der Waals surface area contributed by atoms with Crippen LogP contribution in [0.25, 0.3) is 10.8 Å². The summed E-state index contributed by atoms with van der Waals surface area (Å²) in [7, 11) is 1.68. The molecule has 0 radical (unpaired) electrons. The van der Waals surface area contributed by atoms with Crippen LogP contribution < -0.4 is 19.9 Å². The second kappa shape index (κ2) is 9.43. The summed E-state index contributed by atoms with van der Waals surface area (Å²) in [5.74, 6) is 1.67. The number of aromatic nitrogens is 1. The quantitative estimate of drug-likeness (QED) is 0.455. The molecule has 6 nitrogen and oxygen atoms in total. The Balaban J connectivity index is 1.34. The van der Waals surface area contributed by atoms with Crippen molar-refractivity contribution in [3.63, 3.8) is 0 Å². The van der Waals surface area contributed by atoms with Gasteiger partial charge in [-0.1, -0.05) is 23.8 Å². The number of anilines is 3. The first-order chi connectivity index (χ1) is 16.6. The van der Waals surface area contributed by atoms with Crippen LogP contribution in [-0.2, 0) is 0 Å². The number of amides is 1. The highest BCUT2D eigenvalue weighted by atomic mass is 16.5. The van der Waals surface area contributed by atoms with Crippen molar-refractivity contribution in [1.29, 1.82) is 0 Å². The molecule has 1 saturated heterocycles. The van der Waals surface area contributed by atoms with Crippen molar-refractivity contribution in [1.82, 2.24) is 4.98 Å². The topological polar surface area (TPSA) is 57.7 Å². The molecule has 1 aromatic heterocycles. The summed E-state index contributed by atoms with van der Waals surface area (Å²) in [4.78, 5) is 22.3. The molecule has 0 bridgehead atoms. The molecule has 5 rings (SSSR count). The highest BCUT2D eigenvalue weighted by molar-refractivity contribution is 6.07. The maximum absolute atomic E-state index is 12.9. The van der Waals surface area contributed by atoms with Gasteiger partial charge in [0.05, 0.1) is 7.11 Å². The minimum absolute atomic E-state index is 0.120. The SMILES string of the molecule is COc1ccc(N2CCN(c3nccc4ccc(C(=O)Nc5ccc(C)cc5)cc34)CC2)cc1. The van der Waals surface area contributed by atoms with Gasteiger partial charge in [0.15, 0.2) is 0 Å². The molecule has 1 aliphatic rings. The van der Waals surface area contributed by atoms with Crippen molar-refractivity contribution in [3.05, 3.63) is 90.1 Å². The van der Waals surface area contributed by atoms with Crippen LogP contribution in [0.4, 0.5) is 17.2 Å². The van der Waals surface area contributed by atoms with Crippen LogP contribution in [0.3, 0.4) is 0 Å². The molecule has 34 heavy (non-hydrogen) atoms. The molecule has 172 valence electrons. The van der Waals surface area contributed by atoms with Gasteiger partial charge in [0.2, 0.25) is 0 Å². The Morgan fingerprint density at radius 3 is 2.29 bits per heavy atom.